The standard InChI is InChI=1S/C29H39N6S2/c1-17(2)14-33(5)29-25-20-9-7-8-10-22(20)36-28(25)32-16-35(29)19-11-12-21-23(13-19)37-27-24(21)26(30-15-31-27)34(6)18(3)4/h15-19H,7-14H2,1-6H3/q+1. The second-order valence-electron chi connectivity index (χ2n) is 11.6. The maximum Gasteiger partial charge on any atom is 0.235 e. The van der Waals surface area contributed by atoms with E-state index in [0.29, 0.717) is 18.0 Å². The Bertz CT molecular complexity index is 1450. The smallest absolute Gasteiger partial charge is 0.235 e. The Morgan fingerprint density at radius 1 is 0.919 bits per heavy atom. The summed E-state index contributed by atoms with van der Waals surface area (Å²) in [6.07, 6.45) is 12.1. The van der Waals surface area contributed by atoms with Crippen LogP contribution >= 0.6 is 22.7 Å². The van der Waals surface area contributed by atoms with Crippen molar-refractivity contribution in [2.24, 2.45) is 5.92 Å². The van der Waals surface area contributed by atoms with E-state index in [1.165, 1.54) is 57.5 Å². The van der Waals surface area contributed by atoms with Crippen LogP contribution in [0.25, 0.3) is 20.4 Å². The summed E-state index contributed by atoms with van der Waals surface area (Å²) in [6, 6.07) is 0.800. The Labute approximate surface area is 228 Å². The molecule has 0 aromatic carbocycles. The first-order valence-electron chi connectivity index (χ1n) is 13.9. The molecule has 4 heterocycles. The number of anilines is 2. The summed E-state index contributed by atoms with van der Waals surface area (Å²) in [5.41, 5.74) is 3.05. The van der Waals surface area contributed by atoms with Crippen LogP contribution in [0.1, 0.15) is 73.9 Å². The fraction of sp³-hybridized carbons (Fsp3) is 0.586. The molecule has 1 unspecified atom stereocenters. The summed E-state index contributed by atoms with van der Waals surface area (Å²) < 4.78 is 2.53. The number of thiophene rings is 2. The number of hydrogen-bond donors (Lipinski definition) is 0. The van der Waals surface area contributed by atoms with E-state index in [2.05, 4.69) is 62.5 Å². The van der Waals surface area contributed by atoms with Crippen LogP contribution in [-0.4, -0.2) is 41.6 Å². The Kier molecular flexibility index (Phi) is 6.60. The number of aromatic nitrogens is 4. The van der Waals surface area contributed by atoms with Crippen molar-refractivity contribution < 1.29 is 4.57 Å². The van der Waals surface area contributed by atoms with Gasteiger partial charge in [0.2, 0.25) is 17.0 Å². The molecular formula is C29H39N6S2+. The number of fused-ring (bicyclic) bond motifs is 6. The van der Waals surface area contributed by atoms with E-state index in [0.717, 1.165) is 36.5 Å². The molecule has 0 aliphatic heterocycles. The molecule has 6 nitrogen and oxygen atoms in total. The number of hydrogen-bond acceptors (Lipinski definition) is 7. The largest absolute Gasteiger partial charge is 0.357 e. The van der Waals surface area contributed by atoms with Gasteiger partial charge in [-0.15, -0.1) is 22.7 Å². The molecule has 0 fully saturated rings. The van der Waals surface area contributed by atoms with Gasteiger partial charge in [-0.25, -0.2) is 14.5 Å². The minimum absolute atomic E-state index is 0.397. The van der Waals surface area contributed by atoms with Gasteiger partial charge in [0.1, 0.15) is 22.4 Å². The lowest BCUT2D eigenvalue weighted by molar-refractivity contribution is -0.713. The highest BCUT2D eigenvalue weighted by Crippen LogP contribution is 2.43. The topological polar surface area (TPSA) is 49.0 Å². The molecule has 0 radical (unpaired) electrons. The first-order valence-corrected chi connectivity index (χ1v) is 15.5. The summed E-state index contributed by atoms with van der Waals surface area (Å²) in [5, 5.41) is 2.71. The zero-order valence-electron chi connectivity index (χ0n) is 23.0. The average molecular weight is 536 g/mol. The monoisotopic (exact) mass is 535 g/mol. The van der Waals surface area contributed by atoms with Gasteiger partial charge in [0.15, 0.2) is 0 Å². The zero-order chi connectivity index (χ0) is 25.8. The molecule has 196 valence electrons. The van der Waals surface area contributed by atoms with Crippen LogP contribution in [0.4, 0.5) is 11.6 Å². The van der Waals surface area contributed by atoms with Gasteiger partial charge in [-0.2, -0.15) is 0 Å². The molecule has 4 aromatic heterocycles. The third-order valence-electron chi connectivity index (χ3n) is 8.22. The highest BCUT2D eigenvalue weighted by molar-refractivity contribution is 7.19. The number of rotatable bonds is 6. The van der Waals surface area contributed by atoms with Gasteiger partial charge in [0.25, 0.3) is 0 Å². The van der Waals surface area contributed by atoms with Crippen molar-refractivity contribution in [3.05, 3.63) is 33.5 Å². The summed E-state index contributed by atoms with van der Waals surface area (Å²) in [4.78, 5) is 24.7. The summed E-state index contributed by atoms with van der Waals surface area (Å²) in [6.45, 7) is 10.1. The molecule has 0 spiro atoms. The minimum Gasteiger partial charge on any atom is -0.357 e. The first-order chi connectivity index (χ1) is 17.8. The molecule has 2 aliphatic rings. The molecular weight excluding hydrogens is 496 g/mol. The maximum atomic E-state index is 5.07. The van der Waals surface area contributed by atoms with E-state index in [4.69, 9.17) is 15.0 Å². The molecule has 6 rings (SSSR count). The van der Waals surface area contributed by atoms with E-state index in [1.807, 2.05) is 22.7 Å². The van der Waals surface area contributed by atoms with Crippen LogP contribution in [0, 0.1) is 5.92 Å². The van der Waals surface area contributed by atoms with Gasteiger partial charge >= 0.3 is 0 Å². The van der Waals surface area contributed by atoms with Gasteiger partial charge < -0.3 is 4.90 Å². The predicted molar refractivity (Wildman–Crippen MR) is 157 cm³/mol. The Hall–Kier alpha value is -2.32. The molecule has 0 saturated carbocycles. The second kappa shape index (κ2) is 9.77. The van der Waals surface area contributed by atoms with Crippen LogP contribution in [0.15, 0.2) is 12.7 Å². The normalized spacial score (nSPS) is 17.6. The fourth-order valence-corrected chi connectivity index (χ4v) is 8.76. The first kappa shape index (κ1) is 25.0. The molecule has 0 amide bonds. The van der Waals surface area contributed by atoms with Crippen LogP contribution in [0.2, 0.25) is 0 Å². The van der Waals surface area contributed by atoms with Crippen molar-refractivity contribution in [3.63, 3.8) is 0 Å². The molecule has 0 N–H and O–H groups in total. The third-order valence-corrected chi connectivity index (χ3v) is 10.6. The van der Waals surface area contributed by atoms with Crippen molar-refractivity contribution in [1.82, 2.24) is 15.0 Å². The zero-order valence-corrected chi connectivity index (χ0v) is 24.7. The molecule has 0 bridgehead atoms. The van der Waals surface area contributed by atoms with Crippen LogP contribution in [0.3, 0.4) is 0 Å². The van der Waals surface area contributed by atoms with E-state index >= 15 is 0 Å². The lowest BCUT2D eigenvalue weighted by Crippen LogP contribution is -2.48. The lowest BCUT2D eigenvalue weighted by Gasteiger charge is -2.28. The van der Waals surface area contributed by atoms with Gasteiger partial charge in [-0.3, -0.25) is 4.90 Å². The molecule has 37 heavy (non-hydrogen) atoms. The van der Waals surface area contributed by atoms with Gasteiger partial charge in [0, 0.05) is 29.3 Å². The van der Waals surface area contributed by atoms with Crippen molar-refractivity contribution in [2.75, 3.05) is 30.4 Å². The van der Waals surface area contributed by atoms with Crippen LogP contribution in [-0.2, 0) is 25.7 Å². The lowest BCUT2D eigenvalue weighted by atomic mass is 9.92. The van der Waals surface area contributed by atoms with E-state index in [1.54, 1.807) is 16.8 Å². The Morgan fingerprint density at radius 2 is 1.65 bits per heavy atom. The summed E-state index contributed by atoms with van der Waals surface area (Å²) >= 11 is 3.81. The van der Waals surface area contributed by atoms with Crippen LogP contribution < -0.4 is 14.4 Å². The molecule has 2 aliphatic carbocycles. The van der Waals surface area contributed by atoms with E-state index < -0.39 is 0 Å². The predicted octanol–water partition coefficient (Wildman–Crippen LogP) is 6.13. The highest BCUT2D eigenvalue weighted by Gasteiger charge is 2.34. The SMILES string of the molecule is CC(C)CN(C)c1c2c3c(sc2nc[n+]1C1CCc2c(sc4ncnc(N(C)C(C)C)c24)C1)CCCC3. The maximum absolute atomic E-state index is 5.07. The Balaban J connectivity index is 1.45. The highest BCUT2D eigenvalue weighted by atomic mass is 32.1. The van der Waals surface area contributed by atoms with Crippen molar-refractivity contribution in [3.8, 4) is 0 Å². The Morgan fingerprint density at radius 3 is 2.43 bits per heavy atom. The van der Waals surface area contributed by atoms with E-state index in [-0.39, 0.29) is 0 Å². The van der Waals surface area contributed by atoms with Gasteiger partial charge in [0.05, 0.1) is 25.0 Å². The summed E-state index contributed by atoms with van der Waals surface area (Å²) in [5.74, 6) is 3.06. The molecule has 8 heteroatoms. The van der Waals surface area contributed by atoms with Crippen molar-refractivity contribution in [2.45, 2.75) is 84.7 Å². The number of nitrogens with zero attached hydrogens (tertiary/aromatic N) is 6. The second-order valence-corrected chi connectivity index (χ2v) is 13.8. The molecule has 0 saturated heterocycles. The third kappa shape index (κ3) is 4.30. The number of aryl methyl sites for hydroxylation is 3. The van der Waals surface area contributed by atoms with E-state index in [9.17, 15) is 0 Å². The quantitative estimate of drug-likeness (QED) is 0.278. The van der Waals surface area contributed by atoms with Crippen LogP contribution in [0.5, 0.6) is 0 Å². The average Bonchev–Trinajstić information content (AvgIpc) is 3.44. The van der Waals surface area contributed by atoms with Crippen molar-refractivity contribution in [1.29, 1.82) is 0 Å². The van der Waals surface area contributed by atoms with Gasteiger partial charge in [-0.1, -0.05) is 18.8 Å². The minimum atomic E-state index is 0.397. The molecule has 4 aromatic rings. The van der Waals surface area contributed by atoms with Crippen molar-refractivity contribution >= 4 is 54.7 Å². The van der Waals surface area contributed by atoms with Gasteiger partial charge in [-0.05, 0) is 69.4 Å². The molecule has 1 atom stereocenters. The fourth-order valence-electron chi connectivity index (χ4n) is 6.29. The summed E-state index contributed by atoms with van der Waals surface area (Å²) in [7, 11) is 4.44.